The maximum absolute atomic E-state index is 12.2. The molecule has 0 aromatic heterocycles. The molecule has 1 aliphatic rings. The molecule has 1 aliphatic heterocycles. The van der Waals surface area contributed by atoms with Crippen molar-refractivity contribution in [2.45, 2.75) is 20.8 Å². The number of rotatable bonds is 4. The molecular formula is C21H28N4O. The molecule has 0 bridgehead atoms. The number of urea groups is 1. The number of hydrogen-bond acceptors (Lipinski definition) is 3. The Bertz CT molecular complexity index is 749. The number of piperazine rings is 1. The van der Waals surface area contributed by atoms with Gasteiger partial charge in [-0.3, -0.25) is 0 Å². The predicted molar refractivity (Wildman–Crippen MR) is 109 cm³/mol. The van der Waals surface area contributed by atoms with E-state index in [1.807, 2.05) is 44.2 Å². The van der Waals surface area contributed by atoms with E-state index in [2.05, 4.69) is 39.5 Å². The molecule has 2 amide bonds. The zero-order chi connectivity index (χ0) is 18.5. The van der Waals surface area contributed by atoms with Crippen LogP contribution in [-0.2, 0) is 0 Å². The summed E-state index contributed by atoms with van der Waals surface area (Å²) in [5, 5.41) is 5.81. The van der Waals surface area contributed by atoms with Gasteiger partial charge in [-0.25, -0.2) is 4.79 Å². The Morgan fingerprint density at radius 2 is 1.65 bits per heavy atom. The zero-order valence-electron chi connectivity index (χ0n) is 15.9. The largest absolute Gasteiger partial charge is 0.369 e. The molecule has 1 fully saturated rings. The van der Waals surface area contributed by atoms with Gasteiger partial charge in [0.25, 0.3) is 0 Å². The molecular weight excluding hydrogens is 324 g/mol. The van der Waals surface area contributed by atoms with Crippen LogP contribution in [0.1, 0.15) is 18.1 Å². The van der Waals surface area contributed by atoms with Crippen molar-refractivity contribution in [1.82, 2.24) is 4.90 Å². The van der Waals surface area contributed by atoms with Crippen molar-refractivity contribution in [1.29, 1.82) is 0 Å². The molecule has 26 heavy (non-hydrogen) atoms. The van der Waals surface area contributed by atoms with Crippen LogP contribution in [0.25, 0.3) is 0 Å². The van der Waals surface area contributed by atoms with E-state index in [0.29, 0.717) is 0 Å². The maximum atomic E-state index is 12.2. The topological polar surface area (TPSA) is 47.6 Å². The predicted octanol–water partition coefficient (Wildman–Crippen LogP) is 4.09. The number of hydrogen-bond donors (Lipinski definition) is 2. The second-order valence-electron chi connectivity index (χ2n) is 6.87. The molecule has 1 saturated heterocycles. The van der Waals surface area contributed by atoms with Gasteiger partial charge >= 0.3 is 6.03 Å². The van der Waals surface area contributed by atoms with Gasteiger partial charge in [0.15, 0.2) is 0 Å². The summed E-state index contributed by atoms with van der Waals surface area (Å²) in [5.41, 5.74) is 5.09. The third kappa shape index (κ3) is 4.55. The van der Waals surface area contributed by atoms with Gasteiger partial charge in [0.2, 0.25) is 0 Å². The summed E-state index contributed by atoms with van der Waals surface area (Å²) in [6.45, 7) is 11.7. The minimum absolute atomic E-state index is 0.221. The molecule has 3 rings (SSSR count). The number of anilines is 3. The molecule has 0 saturated carbocycles. The van der Waals surface area contributed by atoms with Crippen LogP contribution >= 0.6 is 0 Å². The second kappa shape index (κ2) is 8.23. The van der Waals surface area contributed by atoms with Crippen molar-refractivity contribution in [3.05, 3.63) is 53.6 Å². The van der Waals surface area contributed by atoms with Gasteiger partial charge < -0.3 is 20.4 Å². The van der Waals surface area contributed by atoms with Crippen LogP contribution < -0.4 is 15.5 Å². The Morgan fingerprint density at radius 3 is 2.27 bits per heavy atom. The standard InChI is InChI=1S/C21H28N4O/c1-4-24-11-13-25(14-12-24)19-9-10-20(17(3)15-19)23-21(26)22-18-7-5-16(2)6-8-18/h5-10,15H,4,11-14H2,1-3H3,(H2,22,23,26). The number of carbonyl (C=O) groups is 1. The summed E-state index contributed by atoms with van der Waals surface area (Å²) in [6.07, 6.45) is 0. The molecule has 1 heterocycles. The number of nitrogens with zero attached hydrogens (tertiary/aromatic N) is 2. The Morgan fingerprint density at radius 1 is 0.962 bits per heavy atom. The third-order valence-corrected chi connectivity index (χ3v) is 4.95. The van der Waals surface area contributed by atoms with E-state index in [1.54, 1.807) is 0 Å². The fourth-order valence-corrected chi connectivity index (χ4v) is 3.23. The summed E-state index contributed by atoms with van der Waals surface area (Å²) >= 11 is 0. The molecule has 0 radical (unpaired) electrons. The first-order chi connectivity index (χ1) is 12.5. The number of nitrogens with one attached hydrogen (secondary N) is 2. The first kappa shape index (κ1) is 18.3. The minimum atomic E-state index is -0.221. The summed E-state index contributed by atoms with van der Waals surface area (Å²) in [5.74, 6) is 0. The van der Waals surface area contributed by atoms with E-state index in [9.17, 15) is 4.79 Å². The van der Waals surface area contributed by atoms with Crippen molar-refractivity contribution in [2.24, 2.45) is 0 Å². The number of carbonyl (C=O) groups excluding carboxylic acids is 1. The van der Waals surface area contributed by atoms with Crippen LogP contribution in [-0.4, -0.2) is 43.7 Å². The third-order valence-electron chi connectivity index (χ3n) is 4.95. The lowest BCUT2D eigenvalue weighted by molar-refractivity contribution is 0.262. The number of likely N-dealkylation sites (N-methyl/N-ethyl adjacent to an activating group) is 1. The van der Waals surface area contributed by atoms with E-state index in [0.717, 1.165) is 49.7 Å². The Hall–Kier alpha value is -2.53. The van der Waals surface area contributed by atoms with Gasteiger partial charge in [-0.15, -0.1) is 0 Å². The fraction of sp³-hybridized carbons (Fsp3) is 0.381. The van der Waals surface area contributed by atoms with E-state index in [4.69, 9.17) is 0 Å². The molecule has 0 aliphatic carbocycles. The van der Waals surface area contributed by atoms with Crippen molar-refractivity contribution in [2.75, 3.05) is 48.3 Å². The SMILES string of the molecule is CCN1CCN(c2ccc(NC(=O)Nc3ccc(C)cc3)c(C)c2)CC1. The average molecular weight is 352 g/mol. The molecule has 0 spiro atoms. The van der Waals surface area contributed by atoms with E-state index in [1.165, 1.54) is 11.3 Å². The van der Waals surface area contributed by atoms with Gasteiger partial charge in [0.05, 0.1) is 0 Å². The Balaban J connectivity index is 1.60. The molecule has 5 heteroatoms. The van der Waals surface area contributed by atoms with Crippen molar-refractivity contribution < 1.29 is 4.79 Å². The molecule has 138 valence electrons. The van der Waals surface area contributed by atoms with E-state index < -0.39 is 0 Å². The highest BCUT2D eigenvalue weighted by atomic mass is 16.2. The van der Waals surface area contributed by atoms with Crippen molar-refractivity contribution >= 4 is 23.1 Å². The lowest BCUT2D eigenvalue weighted by atomic mass is 10.1. The maximum Gasteiger partial charge on any atom is 0.323 e. The van der Waals surface area contributed by atoms with Crippen LogP contribution in [0.2, 0.25) is 0 Å². The first-order valence-corrected chi connectivity index (χ1v) is 9.28. The van der Waals surface area contributed by atoms with Gasteiger partial charge in [0.1, 0.15) is 0 Å². The lowest BCUT2D eigenvalue weighted by Crippen LogP contribution is -2.46. The Kier molecular flexibility index (Phi) is 5.78. The number of benzene rings is 2. The molecule has 0 unspecified atom stereocenters. The highest BCUT2D eigenvalue weighted by Gasteiger charge is 2.16. The molecule has 2 N–H and O–H groups in total. The number of amides is 2. The minimum Gasteiger partial charge on any atom is -0.369 e. The molecule has 2 aromatic carbocycles. The van der Waals surface area contributed by atoms with Crippen LogP contribution in [0.15, 0.2) is 42.5 Å². The average Bonchev–Trinajstić information content (AvgIpc) is 2.65. The molecule has 0 atom stereocenters. The van der Waals surface area contributed by atoms with Gasteiger partial charge in [-0.2, -0.15) is 0 Å². The van der Waals surface area contributed by atoms with Crippen LogP contribution in [0, 0.1) is 13.8 Å². The van der Waals surface area contributed by atoms with Crippen LogP contribution in [0.4, 0.5) is 21.9 Å². The second-order valence-corrected chi connectivity index (χ2v) is 6.87. The van der Waals surface area contributed by atoms with Gasteiger partial charge in [-0.1, -0.05) is 24.6 Å². The highest BCUT2D eigenvalue weighted by molar-refractivity contribution is 6.00. The normalized spacial score (nSPS) is 15.0. The first-order valence-electron chi connectivity index (χ1n) is 9.28. The zero-order valence-corrected chi connectivity index (χ0v) is 15.9. The summed E-state index contributed by atoms with van der Waals surface area (Å²) in [4.78, 5) is 17.1. The fourth-order valence-electron chi connectivity index (χ4n) is 3.23. The molecule has 5 nitrogen and oxygen atoms in total. The lowest BCUT2D eigenvalue weighted by Gasteiger charge is -2.35. The number of aryl methyl sites for hydroxylation is 2. The van der Waals surface area contributed by atoms with Crippen molar-refractivity contribution in [3.63, 3.8) is 0 Å². The monoisotopic (exact) mass is 352 g/mol. The van der Waals surface area contributed by atoms with E-state index in [-0.39, 0.29) is 6.03 Å². The van der Waals surface area contributed by atoms with E-state index >= 15 is 0 Å². The van der Waals surface area contributed by atoms with Gasteiger partial charge in [0, 0.05) is 43.2 Å². The quantitative estimate of drug-likeness (QED) is 0.871. The summed E-state index contributed by atoms with van der Waals surface area (Å²) in [7, 11) is 0. The van der Waals surface area contributed by atoms with Crippen LogP contribution in [0.5, 0.6) is 0 Å². The van der Waals surface area contributed by atoms with Crippen molar-refractivity contribution in [3.8, 4) is 0 Å². The summed E-state index contributed by atoms with van der Waals surface area (Å²) in [6, 6.07) is 13.8. The highest BCUT2D eigenvalue weighted by Crippen LogP contribution is 2.24. The smallest absolute Gasteiger partial charge is 0.323 e. The molecule has 2 aromatic rings. The van der Waals surface area contributed by atoms with Gasteiger partial charge in [-0.05, 0) is 56.3 Å². The van der Waals surface area contributed by atoms with Crippen LogP contribution in [0.3, 0.4) is 0 Å². The summed E-state index contributed by atoms with van der Waals surface area (Å²) < 4.78 is 0. The Labute approximate surface area is 156 Å².